The van der Waals surface area contributed by atoms with Crippen molar-refractivity contribution < 1.29 is 14.7 Å². The molecule has 1 aliphatic carbocycles. The van der Waals surface area contributed by atoms with Gasteiger partial charge >= 0.3 is 5.97 Å². The molecule has 3 N–H and O–H groups in total. The maximum atomic E-state index is 12.9. The van der Waals surface area contributed by atoms with E-state index in [4.69, 9.17) is 5.73 Å². The number of carboxylic acids is 1. The van der Waals surface area contributed by atoms with Crippen LogP contribution in [0.25, 0.3) is 0 Å². The van der Waals surface area contributed by atoms with Gasteiger partial charge in [0, 0.05) is 19.6 Å². The van der Waals surface area contributed by atoms with E-state index in [1.807, 2.05) is 4.90 Å². The first-order valence-corrected chi connectivity index (χ1v) is 8.06. The fourth-order valence-electron chi connectivity index (χ4n) is 3.57. The van der Waals surface area contributed by atoms with Crippen molar-refractivity contribution in [1.82, 2.24) is 4.90 Å². The zero-order valence-corrected chi connectivity index (χ0v) is 13.2. The van der Waals surface area contributed by atoms with E-state index >= 15 is 0 Å². The van der Waals surface area contributed by atoms with Crippen LogP contribution in [0, 0.1) is 16.7 Å². The van der Waals surface area contributed by atoms with Gasteiger partial charge in [0.25, 0.3) is 0 Å². The number of piperidine rings is 1. The number of likely N-dealkylation sites (tertiary alicyclic amines) is 1. The Kier molecular flexibility index (Phi) is 4.61. The highest BCUT2D eigenvalue weighted by molar-refractivity contribution is 5.83. The molecule has 1 saturated heterocycles. The summed E-state index contributed by atoms with van der Waals surface area (Å²) in [5.41, 5.74) is 4.87. The molecule has 5 nitrogen and oxygen atoms in total. The van der Waals surface area contributed by atoms with Crippen molar-refractivity contribution in [2.24, 2.45) is 22.5 Å². The highest BCUT2D eigenvalue weighted by atomic mass is 16.4. The summed E-state index contributed by atoms with van der Waals surface area (Å²) in [6.07, 6.45) is 4.93. The molecule has 0 aromatic carbocycles. The molecule has 120 valence electrons. The Bertz CT molecular complexity index is 406. The van der Waals surface area contributed by atoms with Crippen LogP contribution in [0.3, 0.4) is 0 Å². The Morgan fingerprint density at radius 1 is 1.19 bits per heavy atom. The molecule has 1 heterocycles. The van der Waals surface area contributed by atoms with Gasteiger partial charge in [0.2, 0.25) is 5.91 Å². The molecule has 1 saturated carbocycles. The lowest BCUT2D eigenvalue weighted by atomic mass is 9.69. The summed E-state index contributed by atoms with van der Waals surface area (Å²) in [6, 6.07) is 0. The number of hydrogen-bond acceptors (Lipinski definition) is 3. The van der Waals surface area contributed by atoms with Gasteiger partial charge in [-0.05, 0) is 51.4 Å². The standard InChI is InChI=1S/C16H28N2O3/c1-12-3-5-16(11-17,6-4-12)13(19)18-9-7-15(2,8-10-18)14(20)21/h12H,3-11,17H2,1-2H3,(H,20,21). The van der Waals surface area contributed by atoms with Gasteiger partial charge in [-0.1, -0.05) is 6.92 Å². The number of aliphatic carboxylic acids is 1. The van der Waals surface area contributed by atoms with Crippen molar-refractivity contribution in [2.45, 2.75) is 52.4 Å². The predicted octanol–water partition coefficient (Wildman–Crippen LogP) is 1.85. The average molecular weight is 296 g/mol. The third-order valence-electron chi connectivity index (χ3n) is 5.75. The number of nitrogens with two attached hydrogens (primary N) is 1. The maximum Gasteiger partial charge on any atom is 0.309 e. The van der Waals surface area contributed by atoms with Crippen molar-refractivity contribution in [2.75, 3.05) is 19.6 Å². The van der Waals surface area contributed by atoms with Gasteiger partial charge in [0.15, 0.2) is 0 Å². The summed E-state index contributed by atoms with van der Waals surface area (Å²) in [4.78, 5) is 26.0. The first kappa shape index (κ1) is 16.3. The summed E-state index contributed by atoms with van der Waals surface area (Å²) >= 11 is 0. The van der Waals surface area contributed by atoms with Crippen LogP contribution in [-0.2, 0) is 9.59 Å². The van der Waals surface area contributed by atoms with Gasteiger partial charge < -0.3 is 15.7 Å². The second kappa shape index (κ2) is 5.95. The quantitative estimate of drug-likeness (QED) is 0.832. The number of carbonyl (C=O) groups is 2. The first-order chi connectivity index (χ1) is 9.83. The molecule has 0 radical (unpaired) electrons. The molecule has 2 aliphatic rings. The lowest BCUT2D eigenvalue weighted by molar-refractivity contribution is -0.156. The molecule has 21 heavy (non-hydrogen) atoms. The summed E-state index contributed by atoms with van der Waals surface area (Å²) in [5.74, 6) is 0.0769. The minimum absolute atomic E-state index is 0.157. The van der Waals surface area contributed by atoms with E-state index in [2.05, 4.69) is 6.92 Å². The van der Waals surface area contributed by atoms with Gasteiger partial charge in [-0.3, -0.25) is 9.59 Å². The molecule has 1 amide bonds. The molecule has 5 heteroatoms. The van der Waals surface area contributed by atoms with E-state index < -0.39 is 16.8 Å². The minimum atomic E-state index is -0.755. The lowest BCUT2D eigenvalue weighted by Gasteiger charge is -2.44. The molecule has 2 rings (SSSR count). The smallest absolute Gasteiger partial charge is 0.309 e. The molecular formula is C16H28N2O3. The average Bonchev–Trinajstić information content (AvgIpc) is 2.48. The van der Waals surface area contributed by atoms with Gasteiger partial charge in [-0.2, -0.15) is 0 Å². The third kappa shape index (κ3) is 3.07. The molecule has 0 atom stereocenters. The topological polar surface area (TPSA) is 83.6 Å². The van der Waals surface area contributed by atoms with Crippen LogP contribution in [0.5, 0.6) is 0 Å². The molecule has 0 bridgehead atoms. The molecule has 0 unspecified atom stereocenters. The largest absolute Gasteiger partial charge is 0.481 e. The third-order valence-corrected chi connectivity index (χ3v) is 5.75. The number of carbonyl (C=O) groups excluding carboxylic acids is 1. The second-order valence-electron chi connectivity index (χ2n) is 7.32. The SMILES string of the molecule is CC1CCC(CN)(C(=O)N2CCC(C)(C(=O)O)CC2)CC1. The van der Waals surface area contributed by atoms with Crippen LogP contribution in [0.4, 0.5) is 0 Å². The molecule has 0 spiro atoms. The van der Waals surface area contributed by atoms with Crippen LogP contribution < -0.4 is 5.73 Å². The van der Waals surface area contributed by atoms with E-state index in [9.17, 15) is 14.7 Å². The normalized spacial score (nSPS) is 32.7. The first-order valence-electron chi connectivity index (χ1n) is 8.06. The van der Waals surface area contributed by atoms with Crippen LogP contribution in [0.2, 0.25) is 0 Å². The van der Waals surface area contributed by atoms with Gasteiger partial charge in [-0.15, -0.1) is 0 Å². The van der Waals surface area contributed by atoms with E-state index in [0.717, 1.165) is 25.7 Å². The monoisotopic (exact) mass is 296 g/mol. The Morgan fingerprint density at radius 3 is 2.14 bits per heavy atom. The molecule has 2 fully saturated rings. The van der Waals surface area contributed by atoms with Gasteiger partial charge in [-0.25, -0.2) is 0 Å². The summed E-state index contributed by atoms with van der Waals surface area (Å²) in [5, 5.41) is 9.27. The number of hydrogen-bond donors (Lipinski definition) is 2. The second-order valence-corrected chi connectivity index (χ2v) is 7.32. The van der Waals surface area contributed by atoms with E-state index in [-0.39, 0.29) is 5.91 Å². The Labute approximate surface area is 126 Å². The summed E-state index contributed by atoms with van der Waals surface area (Å²) in [6.45, 7) is 5.49. The maximum absolute atomic E-state index is 12.9. The van der Waals surface area contributed by atoms with Crippen molar-refractivity contribution in [3.8, 4) is 0 Å². The number of nitrogens with zero attached hydrogens (tertiary/aromatic N) is 1. The van der Waals surface area contributed by atoms with Crippen LogP contribution in [0.1, 0.15) is 52.4 Å². The zero-order chi connectivity index (χ0) is 15.7. The highest BCUT2D eigenvalue weighted by Crippen LogP contribution is 2.41. The zero-order valence-electron chi connectivity index (χ0n) is 13.2. The molecule has 0 aromatic heterocycles. The highest BCUT2D eigenvalue weighted by Gasteiger charge is 2.45. The fraction of sp³-hybridized carbons (Fsp3) is 0.875. The minimum Gasteiger partial charge on any atom is -0.481 e. The van der Waals surface area contributed by atoms with Crippen molar-refractivity contribution in [1.29, 1.82) is 0 Å². The van der Waals surface area contributed by atoms with Crippen LogP contribution in [0.15, 0.2) is 0 Å². The van der Waals surface area contributed by atoms with Crippen molar-refractivity contribution in [3.05, 3.63) is 0 Å². The Balaban J connectivity index is 2.02. The van der Waals surface area contributed by atoms with Crippen molar-refractivity contribution >= 4 is 11.9 Å². The number of amides is 1. The Morgan fingerprint density at radius 2 is 1.71 bits per heavy atom. The summed E-state index contributed by atoms with van der Waals surface area (Å²) in [7, 11) is 0. The summed E-state index contributed by atoms with van der Waals surface area (Å²) < 4.78 is 0. The van der Waals surface area contributed by atoms with Crippen LogP contribution in [-0.4, -0.2) is 41.5 Å². The predicted molar refractivity (Wildman–Crippen MR) is 80.7 cm³/mol. The van der Waals surface area contributed by atoms with Gasteiger partial charge in [0.05, 0.1) is 10.8 Å². The molecule has 1 aliphatic heterocycles. The number of carboxylic acid groups (broad SMARTS) is 1. The van der Waals surface area contributed by atoms with Crippen molar-refractivity contribution in [3.63, 3.8) is 0 Å². The van der Waals surface area contributed by atoms with E-state index in [1.165, 1.54) is 0 Å². The number of rotatable bonds is 3. The lowest BCUT2D eigenvalue weighted by Crippen LogP contribution is -2.53. The van der Waals surface area contributed by atoms with E-state index in [0.29, 0.717) is 38.4 Å². The van der Waals surface area contributed by atoms with Gasteiger partial charge in [0.1, 0.15) is 0 Å². The van der Waals surface area contributed by atoms with Crippen LogP contribution >= 0.6 is 0 Å². The van der Waals surface area contributed by atoms with E-state index in [1.54, 1.807) is 6.92 Å². The Hall–Kier alpha value is -1.10. The molecule has 0 aromatic rings. The fourth-order valence-corrected chi connectivity index (χ4v) is 3.57. The molecular weight excluding hydrogens is 268 g/mol.